The van der Waals surface area contributed by atoms with E-state index in [0.717, 1.165) is 39.1 Å². The second-order valence-electron chi connectivity index (χ2n) is 6.50. The highest BCUT2D eigenvalue weighted by atomic mass is 16.5. The minimum Gasteiger partial charge on any atom is -0.379 e. The van der Waals surface area contributed by atoms with Gasteiger partial charge < -0.3 is 10.5 Å². The molecule has 2 heterocycles. The van der Waals surface area contributed by atoms with Crippen molar-refractivity contribution < 1.29 is 4.74 Å². The number of nitrogens with zero attached hydrogens (tertiary/aromatic N) is 3. The lowest BCUT2D eigenvalue weighted by molar-refractivity contribution is -0.0316. The molecular weight excluding hydrogens is 264 g/mol. The van der Waals surface area contributed by atoms with Gasteiger partial charge in [0, 0.05) is 43.6 Å². The average molecular weight is 292 g/mol. The SMILES string of the molecule is Cn1nccc1CCC(N)C1(N2CCOCC2)CCCC1. The molecule has 0 bridgehead atoms. The molecule has 1 atom stereocenters. The van der Waals surface area contributed by atoms with Gasteiger partial charge in [0.15, 0.2) is 0 Å². The zero-order valence-corrected chi connectivity index (χ0v) is 13.1. The molecule has 2 N–H and O–H groups in total. The molecule has 1 unspecified atom stereocenters. The summed E-state index contributed by atoms with van der Waals surface area (Å²) in [6, 6.07) is 2.34. The largest absolute Gasteiger partial charge is 0.379 e. The van der Waals surface area contributed by atoms with Gasteiger partial charge in [0.05, 0.1) is 13.2 Å². The first kappa shape index (κ1) is 15.0. The van der Waals surface area contributed by atoms with Crippen molar-refractivity contribution in [2.75, 3.05) is 26.3 Å². The minimum atomic E-state index is 0.211. The molecule has 21 heavy (non-hydrogen) atoms. The molecule has 2 fully saturated rings. The molecule has 1 aliphatic carbocycles. The number of hydrogen-bond donors (Lipinski definition) is 1. The Morgan fingerprint density at radius 2 is 2.05 bits per heavy atom. The van der Waals surface area contributed by atoms with Crippen LogP contribution in [-0.4, -0.2) is 52.6 Å². The van der Waals surface area contributed by atoms with Crippen LogP contribution in [0.25, 0.3) is 0 Å². The van der Waals surface area contributed by atoms with E-state index in [2.05, 4.69) is 16.1 Å². The molecule has 0 radical (unpaired) electrons. The Balaban J connectivity index is 1.66. The van der Waals surface area contributed by atoms with Crippen LogP contribution in [0.15, 0.2) is 12.3 Å². The first-order chi connectivity index (χ1) is 10.2. The summed E-state index contributed by atoms with van der Waals surface area (Å²) in [5.41, 5.74) is 8.19. The van der Waals surface area contributed by atoms with Crippen LogP contribution in [0, 0.1) is 0 Å². The monoisotopic (exact) mass is 292 g/mol. The summed E-state index contributed by atoms with van der Waals surface area (Å²) in [6.45, 7) is 3.80. The second-order valence-corrected chi connectivity index (χ2v) is 6.50. The van der Waals surface area contributed by atoms with Crippen LogP contribution < -0.4 is 5.73 Å². The highest BCUT2D eigenvalue weighted by Gasteiger charge is 2.44. The summed E-state index contributed by atoms with van der Waals surface area (Å²) < 4.78 is 7.49. The smallest absolute Gasteiger partial charge is 0.0594 e. The quantitative estimate of drug-likeness (QED) is 0.889. The predicted octanol–water partition coefficient (Wildman–Crippen LogP) is 1.33. The first-order valence-corrected chi connectivity index (χ1v) is 8.28. The summed E-state index contributed by atoms with van der Waals surface area (Å²) in [4.78, 5) is 2.62. The standard InChI is InChI=1S/C16H28N4O/c1-19-14(6-9-18-19)4-5-15(17)16(7-2-3-8-16)20-10-12-21-13-11-20/h6,9,15H,2-5,7-8,10-13,17H2,1H3. The van der Waals surface area contributed by atoms with Crippen LogP contribution in [0.1, 0.15) is 37.8 Å². The minimum absolute atomic E-state index is 0.211. The van der Waals surface area contributed by atoms with Gasteiger partial charge in [-0.15, -0.1) is 0 Å². The van der Waals surface area contributed by atoms with Gasteiger partial charge >= 0.3 is 0 Å². The molecule has 118 valence electrons. The summed E-state index contributed by atoms with van der Waals surface area (Å²) in [6.07, 6.45) is 9.06. The van der Waals surface area contributed by atoms with Crippen molar-refractivity contribution in [3.63, 3.8) is 0 Å². The van der Waals surface area contributed by atoms with Crippen molar-refractivity contribution in [1.29, 1.82) is 0 Å². The molecule has 1 aromatic heterocycles. The molecule has 3 rings (SSSR count). The maximum atomic E-state index is 6.70. The third-order valence-electron chi connectivity index (χ3n) is 5.43. The first-order valence-electron chi connectivity index (χ1n) is 8.28. The number of hydrogen-bond acceptors (Lipinski definition) is 4. The Kier molecular flexibility index (Phi) is 4.62. The maximum Gasteiger partial charge on any atom is 0.0594 e. The van der Waals surface area contributed by atoms with Gasteiger partial charge in [-0.05, 0) is 31.7 Å². The summed E-state index contributed by atoms with van der Waals surface area (Å²) in [5, 5.41) is 4.25. The summed E-state index contributed by atoms with van der Waals surface area (Å²) in [7, 11) is 2.01. The van der Waals surface area contributed by atoms with Crippen LogP contribution in [-0.2, 0) is 18.2 Å². The third kappa shape index (κ3) is 3.00. The highest BCUT2D eigenvalue weighted by molar-refractivity contribution is 5.06. The van der Waals surface area contributed by atoms with Gasteiger partial charge in [-0.3, -0.25) is 9.58 Å². The Morgan fingerprint density at radius 1 is 1.33 bits per heavy atom. The van der Waals surface area contributed by atoms with E-state index >= 15 is 0 Å². The molecule has 1 aliphatic heterocycles. The van der Waals surface area contributed by atoms with Gasteiger partial charge in [-0.2, -0.15) is 5.10 Å². The fourth-order valence-corrected chi connectivity index (χ4v) is 4.14. The number of rotatable bonds is 5. The molecular formula is C16H28N4O. The molecule has 5 heteroatoms. The van der Waals surface area contributed by atoms with E-state index in [1.54, 1.807) is 0 Å². The number of aryl methyl sites for hydroxylation is 2. The van der Waals surface area contributed by atoms with E-state index in [4.69, 9.17) is 10.5 Å². The number of aromatic nitrogens is 2. The summed E-state index contributed by atoms with van der Waals surface area (Å²) >= 11 is 0. The molecule has 0 amide bonds. The van der Waals surface area contributed by atoms with E-state index < -0.39 is 0 Å². The molecule has 1 aromatic rings. The lowest BCUT2D eigenvalue weighted by Crippen LogP contribution is -2.61. The molecule has 5 nitrogen and oxygen atoms in total. The number of morpholine rings is 1. The number of ether oxygens (including phenoxy) is 1. The predicted molar refractivity (Wildman–Crippen MR) is 83.1 cm³/mol. The Morgan fingerprint density at radius 3 is 2.67 bits per heavy atom. The zero-order valence-electron chi connectivity index (χ0n) is 13.1. The molecule has 1 saturated heterocycles. The molecule has 2 aliphatic rings. The van der Waals surface area contributed by atoms with Crippen molar-refractivity contribution in [3.05, 3.63) is 18.0 Å². The van der Waals surface area contributed by atoms with Crippen molar-refractivity contribution in [1.82, 2.24) is 14.7 Å². The topological polar surface area (TPSA) is 56.3 Å². The Labute approximate surface area is 127 Å². The maximum absolute atomic E-state index is 6.70. The normalized spacial score (nSPS) is 24.3. The van der Waals surface area contributed by atoms with Gasteiger partial charge in [0.25, 0.3) is 0 Å². The van der Waals surface area contributed by atoms with Crippen molar-refractivity contribution >= 4 is 0 Å². The molecule has 1 saturated carbocycles. The van der Waals surface area contributed by atoms with Crippen molar-refractivity contribution in [3.8, 4) is 0 Å². The fourth-order valence-electron chi connectivity index (χ4n) is 4.14. The van der Waals surface area contributed by atoms with E-state index in [1.165, 1.54) is 31.4 Å². The van der Waals surface area contributed by atoms with E-state index in [9.17, 15) is 0 Å². The average Bonchev–Trinajstić information content (AvgIpc) is 3.16. The highest BCUT2D eigenvalue weighted by Crippen LogP contribution is 2.39. The van der Waals surface area contributed by atoms with E-state index in [0.29, 0.717) is 0 Å². The van der Waals surface area contributed by atoms with Gasteiger partial charge in [-0.1, -0.05) is 12.8 Å². The molecule has 0 aromatic carbocycles. The number of nitrogens with two attached hydrogens (primary N) is 1. The van der Waals surface area contributed by atoms with Crippen LogP contribution >= 0.6 is 0 Å². The fraction of sp³-hybridized carbons (Fsp3) is 0.812. The third-order valence-corrected chi connectivity index (χ3v) is 5.43. The lowest BCUT2D eigenvalue weighted by Gasteiger charge is -2.47. The van der Waals surface area contributed by atoms with Gasteiger partial charge in [0.1, 0.15) is 0 Å². The Bertz CT molecular complexity index is 447. The van der Waals surface area contributed by atoms with Crippen molar-refractivity contribution in [2.24, 2.45) is 12.8 Å². The van der Waals surface area contributed by atoms with E-state index in [1.807, 2.05) is 17.9 Å². The van der Waals surface area contributed by atoms with Crippen molar-refractivity contribution in [2.45, 2.75) is 50.1 Å². The van der Waals surface area contributed by atoms with Crippen LogP contribution in [0.5, 0.6) is 0 Å². The van der Waals surface area contributed by atoms with Crippen LogP contribution in [0.4, 0.5) is 0 Å². The lowest BCUT2D eigenvalue weighted by atomic mass is 9.83. The second kappa shape index (κ2) is 6.46. The zero-order chi connectivity index (χ0) is 14.7. The summed E-state index contributed by atoms with van der Waals surface area (Å²) in [5.74, 6) is 0. The van der Waals surface area contributed by atoms with E-state index in [-0.39, 0.29) is 11.6 Å². The van der Waals surface area contributed by atoms with Gasteiger partial charge in [-0.25, -0.2) is 0 Å². The van der Waals surface area contributed by atoms with Crippen LogP contribution in [0.2, 0.25) is 0 Å². The van der Waals surface area contributed by atoms with Crippen LogP contribution in [0.3, 0.4) is 0 Å². The molecule has 0 spiro atoms. The Hall–Kier alpha value is -0.910. The van der Waals surface area contributed by atoms with Gasteiger partial charge in [0.2, 0.25) is 0 Å².